The van der Waals surface area contributed by atoms with Crippen molar-refractivity contribution >= 4 is 17.5 Å². The number of carbonyl (C=O) groups is 2. The van der Waals surface area contributed by atoms with Crippen LogP contribution in [0.3, 0.4) is 0 Å². The Morgan fingerprint density at radius 2 is 1.89 bits per heavy atom. The summed E-state index contributed by atoms with van der Waals surface area (Å²) < 4.78 is 0. The second-order valence-electron chi connectivity index (χ2n) is 5.05. The first-order valence-electron chi connectivity index (χ1n) is 6.21. The van der Waals surface area contributed by atoms with Crippen molar-refractivity contribution in [3.8, 4) is 0 Å². The van der Waals surface area contributed by atoms with Crippen LogP contribution in [0.1, 0.15) is 37.6 Å². The van der Waals surface area contributed by atoms with Crippen LogP contribution in [0.2, 0.25) is 0 Å². The summed E-state index contributed by atoms with van der Waals surface area (Å²) in [7, 11) is 0. The number of nitrogens with zero attached hydrogens (tertiary/aromatic N) is 1. The van der Waals surface area contributed by atoms with Crippen LogP contribution >= 0.6 is 0 Å². The summed E-state index contributed by atoms with van der Waals surface area (Å²) in [6.45, 7) is 6.11. The Labute approximate surface area is 107 Å². The zero-order valence-corrected chi connectivity index (χ0v) is 11.0. The van der Waals surface area contributed by atoms with Gasteiger partial charge in [0.15, 0.2) is 0 Å². The molecule has 1 aliphatic heterocycles. The van der Waals surface area contributed by atoms with Crippen LogP contribution < -0.4 is 10.2 Å². The molecule has 2 rings (SSSR count). The first kappa shape index (κ1) is 12.6. The number of hydrogen-bond donors (Lipinski definition) is 1. The van der Waals surface area contributed by atoms with Crippen LogP contribution in [0.5, 0.6) is 0 Å². The fourth-order valence-electron chi connectivity index (χ4n) is 2.20. The van der Waals surface area contributed by atoms with E-state index in [0.29, 0.717) is 17.8 Å². The SMILES string of the molecule is CCCN1C(=O)C(C)(C)NC(=O)c2ccccc21. The molecule has 0 radical (unpaired) electrons. The van der Waals surface area contributed by atoms with E-state index in [1.54, 1.807) is 24.8 Å². The molecule has 0 bridgehead atoms. The molecule has 0 fully saturated rings. The molecule has 0 atom stereocenters. The van der Waals surface area contributed by atoms with E-state index in [1.807, 2.05) is 25.1 Å². The van der Waals surface area contributed by atoms with Crippen molar-refractivity contribution in [2.45, 2.75) is 32.7 Å². The third-order valence-electron chi connectivity index (χ3n) is 3.09. The molecular formula is C14H18N2O2. The van der Waals surface area contributed by atoms with Crippen LogP contribution in [0.25, 0.3) is 0 Å². The van der Waals surface area contributed by atoms with E-state index < -0.39 is 5.54 Å². The van der Waals surface area contributed by atoms with Crippen LogP contribution in [0.15, 0.2) is 24.3 Å². The number of fused-ring (bicyclic) bond motifs is 1. The summed E-state index contributed by atoms with van der Waals surface area (Å²) in [5, 5.41) is 2.78. The Morgan fingerprint density at radius 1 is 1.22 bits per heavy atom. The molecule has 96 valence electrons. The fraction of sp³-hybridized carbons (Fsp3) is 0.429. The largest absolute Gasteiger partial charge is 0.338 e. The first-order valence-corrected chi connectivity index (χ1v) is 6.21. The van der Waals surface area contributed by atoms with Gasteiger partial charge in [0.25, 0.3) is 11.8 Å². The standard InChI is InChI=1S/C14H18N2O2/c1-4-9-16-11-8-6-5-7-10(11)12(17)15-14(2,3)13(16)18/h5-8H,4,9H2,1-3H3,(H,15,17). The minimum atomic E-state index is -0.870. The molecule has 1 N–H and O–H groups in total. The quantitative estimate of drug-likeness (QED) is 0.867. The predicted octanol–water partition coefficient (Wildman–Crippen LogP) is 1.95. The number of carbonyl (C=O) groups excluding carboxylic acids is 2. The molecule has 0 spiro atoms. The lowest BCUT2D eigenvalue weighted by molar-refractivity contribution is -0.123. The lowest BCUT2D eigenvalue weighted by atomic mass is 10.0. The number of amides is 2. The van der Waals surface area contributed by atoms with Crippen LogP contribution in [0, 0.1) is 0 Å². The number of rotatable bonds is 2. The van der Waals surface area contributed by atoms with Crippen molar-refractivity contribution in [2.24, 2.45) is 0 Å². The van der Waals surface area contributed by atoms with Crippen LogP contribution in [-0.2, 0) is 4.79 Å². The van der Waals surface area contributed by atoms with Crippen LogP contribution in [-0.4, -0.2) is 23.9 Å². The van der Waals surface area contributed by atoms with Crippen molar-refractivity contribution in [1.82, 2.24) is 5.32 Å². The number of benzene rings is 1. The summed E-state index contributed by atoms with van der Waals surface area (Å²) >= 11 is 0. The average molecular weight is 246 g/mol. The van der Waals surface area contributed by atoms with Crippen molar-refractivity contribution in [2.75, 3.05) is 11.4 Å². The third-order valence-corrected chi connectivity index (χ3v) is 3.09. The first-order chi connectivity index (χ1) is 8.47. The van der Waals surface area contributed by atoms with Gasteiger partial charge in [0.05, 0.1) is 11.3 Å². The van der Waals surface area contributed by atoms with Gasteiger partial charge in [-0.2, -0.15) is 0 Å². The summed E-state index contributed by atoms with van der Waals surface area (Å²) in [6, 6.07) is 7.23. The number of hydrogen-bond acceptors (Lipinski definition) is 2. The van der Waals surface area contributed by atoms with E-state index in [2.05, 4.69) is 5.32 Å². The molecule has 18 heavy (non-hydrogen) atoms. The molecule has 4 nitrogen and oxygen atoms in total. The minimum absolute atomic E-state index is 0.0670. The van der Waals surface area contributed by atoms with Crippen molar-refractivity contribution in [1.29, 1.82) is 0 Å². The maximum atomic E-state index is 12.5. The van der Waals surface area contributed by atoms with E-state index >= 15 is 0 Å². The maximum Gasteiger partial charge on any atom is 0.254 e. The average Bonchev–Trinajstić information content (AvgIpc) is 2.40. The molecule has 0 aromatic heterocycles. The summed E-state index contributed by atoms with van der Waals surface area (Å²) in [4.78, 5) is 26.3. The zero-order valence-electron chi connectivity index (χ0n) is 11.0. The molecule has 1 heterocycles. The predicted molar refractivity (Wildman–Crippen MR) is 70.6 cm³/mol. The summed E-state index contributed by atoms with van der Waals surface area (Å²) in [5.41, 5.74) is 0.392. The minimum Gasteiger partial charge on any atom is -0.338 e. The van der Waals surface area contributed by atoms with E-state index in [-0.39, 0.29) is 11.8 Å². The van der Waals surface area contributed by atoms with E-state index in [1.165, 1.54) is 0 Å². The van der Waals surface area contributed by atoms with Gasteiger partial charge >= 0.3 is 0 Å². The molecule has 0 unspecified atom stereocenters. The van der Waals surface area contributed by atoms with Gasteiger partial charge in [-0.25, -0.2) is 0 Å². The van der Waals surface area contributed by atoms with E-state index in [9.17, 15) is 9.59 Å². The number of anilines is 1. The molecule has 2 amide bonds. The Hall–Kier alpha value is -1.84. The summed E-state index contributed by atoms with van der Waals surface area (Å²) in [5.74, 6) is -0.259. The monoisotopic (exact) mass is 246 g/mol. The lowest BCUT2D eigenvalue weighted by Crippen LogP contribution is -2.54. The number of nitrogens with one attached hydrogen (secondary N) is 1. The van der Waals surface area contributed by atoms with Gasteiger partial charge in [0, 0.05) is 6.54 Å². The lowest BCUT2D eigenvalue weighted by Gasteiger charge is -2.29. The van der Waals surface area contributed by atoms with Gasteiger partial charge in [-0.3, -0.25) is 9.59 Å². The summed E-state index contributed by atoms with van der Waals surface area (Å²) in [6.07, 6.45) is 0.852. The Balaban J connectivity index is 2.57. The molecule has 1 aromatic rings. The molecule has 1 aromatic carbocycles. The van der Waals surface area contributed by atoms with Gasteiger partial charge in [-0.05, 0) is 32.4 Å². The topological polar surface area (TPSA) is 49.4 Å². The zero-order chi connectivity index (χ0) is 13.3. The van der Waals surface area contributed by atoms with Gasteiger partial charge in [0.1, 0.15) is 5.54 Å². The Morgan fingerprint density at radius 3 is 2.56 bits per heavy atom. The molecule has 0 saturated heterocycles. The molecule has 1 aliphatic rings. The molecule has 4 heteroatoms. The van der Waals surface area contributed by atoms with E-state index in [0.717, 1.165) is 6.42 Å². The van der Waals surface area contributed by atoms with Gasteiger partial charge < -0.3 is 10.2 Å². The molecule has 0 saturated carbocycles. The highest BCUT2D eigenvalue weighted by atomic mass is 16.2. The molecule has 0 aliphatic carbocycles. The maximum absolute atomic E-state index is 12.5. The Kier molecular flexibility index (Phi) is 3.11. The third kappa shape index (κ3) is 1.98. The van der Waals surface area contributed by atoms with Crippen molar-refractivity contribution in [3.05, 3.63) is 29.8 Å². The Bertz CT molecular complexity index is 494. The van der Waals surface area contributed by atoms with Gasteiger partial charge in [0.2, 0.25) is 0 Å². The highest BCUT2D eigenvalue weighted by molar-refractivity contribution is 6.12. The van der Waals surface area contributed by atoms with Crippen molar-refractivity contribution < 1.29 is 9.59 Å². The normalized spacial score (nSPS) is 18.1. The fourth-order valence-corrected chi connectivity index (χ4v) is 2.20. The van der Waals surface area contributed by atoms with E-state index in [4.69, 9.17) is 0 Å². The van der Waals surface area contributed by atoms with Crippen LogP contribution in [0.4, 0.5) is 5.69 Å². The van der Waals surface area contributed by atoms with Crippen molar-refractivity contribution in [3.63, 3.8) is 0 Å². The van der Waals surface area contributed by atoms with Gasteiger partial charge in [-0.1, -0.05) is 19.1 Å². The smallest absolute Gasteiger partial charge is 0.254 e. The highest BCUT2D eigenvalue weighted by Crippen LogP contribution is 2.27. The van der Waals surface area contributed by atoms with Gasteiger partial charge in [-0.15, -0.1) is 0 Å². The second-order valence-corrected chi connectivity index (χ2v) is 5.05. The number of para-hydroxylation sites is 1. The second kappa shape index (κ2) is 4.44. The highest BCUT2D eigenvalue weighted by Gasteiger charge is 2.38. The molecular weight excluding hydrogens is 228 g/mol.